The molecule has 9 heavy (non-hydrogen) atoms. The normalized spacial score (nSPS) is 10.0. The maximum absolute atomic E-state index is 5.35. The van der Waals surface area contributed by atoms with Gasteiger partial charge in [0, 0.05) is 6.54 Å². The number of rotatable bonds is 2. The van der Waals surface area contributed by atoms with Crippen LogP contribution in [0.2, 0.25) is 0 Å². The smallest absolute Gasteiger partial charge is 0.140 e. The van der Waals surface area contributed by atoms with Crippen LogP contribution in [-0.4, -0.2) is 14.8 Å². The van der Waals surface area contributed by atoms with Gasteiger partial charge in [-0.05, 0) is 6.92 Å². The second kappa shape index (κ2) is 2.59. The fraction of sp³-hybridized carbons (Fsp3) is 0.600. The molecule has 0 amide bonds. The summed E-state index contributed by atoms with van der Waals surface area (Å²) >= 11 is 0. The van der Waals surface area contributed by atoms with E-state index in [0.717, 1.165) is 12.4 Å². The Kier molecular flexibility index (Phi) is 1.79. The van der Waals surface area contributed by atoms with Crippen molar-refractivity contribution < 1.29 is 0 Å². The fourth-order valence-electron chi connectivity index (χ4n) is 0.710. The number of nitrogens with zero attached hydrogens (tertiary/aromatic N) is 3. The first-order valence-corrected chi connectivity index (χ1v) is 2.95. The molecule has 0 aliphatic rings. The highest BCUT2D eigenvalue weighted by atomic mass is 15.3. The van der Waals surface area contributed by atoms with E-state index in [2.05, 4.69) is 10.1 Å². The summed E-state index contributed by atoms with van der Waals surface area (Å²) in [7, 11) is 0. The van der Waals surface area contributed by atoms with E-state index in [4.69, 9.17) is 5.73 Å². The van der Waals surface area contributed by atoms with Gasteiger partial charge in [-0.3, -0.25) is 0 Å². The third-order valence-corrected chi connectivity index (χ3v) is 1.18. The molecule has 1 aromatic heterocycles. The fourth-order valence-corrected chi connectivity index (χ4v) is 0.710. The van der Waals surface area contributed by atoms with E-state index in [1.165, 1.54) is 6.33 Å². The lowest BCUT2D eigenvalue weighted by Crippen LogP contribution is -2.08. The van der Waals surface area contributed by atoms with Crippen LogP contribution in [0.25, 0.3) is 0 Å². The lowest BCUT2D eigenvalue weighted by atomic mass is 10.6. The first-order chi connectivity index (χ1) is 4.38. The molecule has 0 aliphatic heterocycles. The van der Waals surface area contributed by atoms with Gasteiger partial charge >= 0.3 is 0 Å². The Bertz CT molecular complexity index is 162. The molecule has 4 nitrogen and oxygen atoms in total. The predicted molar refractivity (Wildman–Crippen MR) is 33.6 cm³/mol. The molecule has 0 spiro atoms. The highest BCUT2D eigenvalue weighted by molar-refractivity contribution is 4.81. The summed E-state index contributed by atoms with van der Waals surface area (Å²) < 4.78 is 1.78. The van der Waals surface area contributed by atoms with Crippen molar-refractivity contribution in [2.75, 3.05) is 0 Å². The molecule has 0 saturated heterocycles. The molecule has 0 atom stereocenters. The molecule has 1 rings (SSSR count). The topological polar surface area (TPSA) is 56.7 Å². The number of nitrogens with two attached hydrogens (primary N) is 1. The van der Waals surface area contributed by atoms with E-state index in [1.54, 1.807) is 4.68 Å². The summed E-state index contributed by atoms with van der Waals surface area (Å²) in [5.74, 6) is 0.845. The van der Waals surface area contributed by atoms with Gasteiger partial charge in [0.1, 0.15) is 12.2 Å². The van der Waals surface area contributed by atoms with E-state index in [1.807, 2.05) is 6.92 Å². The highest BCUT2D eigenvalue weighted by Gasteiger charge is 1.96. The van der Waals surface area contributed by atoms with Gasteiger partial charge in [-0.15, -0.1) is 0 Å². The zero-order valence-corrected chi connectivity index (χ0v) is 5.41. The Hall–Kier alpha value is -0.900. The molecular weight excluding hydrogens is 116 g/mol. The molecule has 0 saturated carbocycles. The standard InChI is InChI=1S/C5H10N4/c1-2-9-5(3-6)7-4-8-9/h4H,2-3,6H2,1H3. The van der Waals surface area contributed by atoms with Crippen molar-refractivity contribution in [1.29, 1.82) is 0 Å². The first-order valence-electron chi connectivity index (χ1n) is 2.95. The molecule has 0 fully saturated rings. The van der Waals surface area contributed by atoms with Crippen LogP contribution in [-0.2, 0) is 13.1 Å². The predicted octanol–water partition coefficient (Wildman–Crippen LogP) is -0.243. The van der Waals surface area contributed by atoms with Crippen LogP contribution in [0.1, 0.15) is 12.7 Å². The Morgan fingerprint density at radius 3 is 3.00 bits per heavy atom. The molecule has 50 valence electrons. The van der Waals surface area contributed by atoms with Gasteiger partial charge < -0.3 is 5.73 Å². The molecule has 2 N–H and O–H groups in total. The third-order valence-electron chi connectivity index (χ3n) is 1.18. The van der Waals surface area contributed by atoms with Crippen molar-refractivity contribution in [3.8, 4) is 0 Å². The van der Waals surface area contributed by atoms with Crippen molar-refractivity contribution >= 4 is 0 Å². The minimum Gasteiger partial charge on any atom is -0.324 e. The van der Waals surface area contributed by atoms with Crippen LogP contribution in [0, 0.1) is 0 Å². The van der Waals surface area contributed by atoms with Crippen molar-refractivity contribution in [1.82, 2.24) is 14.8 Å². The van der Waals surface area contributed by atoms with Gasteiger partial charge in [-0.1, -0.05) is 0 Å². The van der Waals surface area contributed by atoms with E-state index in [9.17, 15) is 0 Å². The Morgan fingerprint density at radius 2 is 2.56 bits per heavy atom. The summed E-state index contributed by atoms with van der Waals surface area (Å²) in [5, 5.41) is 3.93. The SMILES string of the molecule is CCn1ncnc1CN. The van der Waals surface area contributed by atoms with E-state index in [-0.39, 0.29) is 0 Å². The van der Waals surface area contributed by atoms with Crippen LogP contribution in [0.3, 0.4) is 0 Å². The average molecular weight is 126 g/mol. The monoisotopic (exact) mass is 126 g/mol. The number of aromatic nitrogens is 3. The number of aryl methyl sites for hydroxylation is 1. The first kappa shape index (κ1) is 6.22. The van der Waals surface area contributed by atoms with E-state index < -0.39 is 0 Å². The van der Waals surface area contributed by atoms with Gasteiger partial charge in [0.15, 0.2) is 0 Å². The average Bonchev–Trinajstić information content (AvgIpc) is 2.33. The Balaban J connectivity index is 2.85. The summed E-state index contributed by atoms with van der Waals surface area (Å²) in [4.78, 5) is 3.93. The molecule has 0 bridgehead atoms. The maximum Gasteiger partial charge on any atom is 0.140 e. The lowest BCUT2D eigenvalue weighted by Gasteiger charge is -1.96. The minimum absolute atomic E-state index is 0.466. The van der Waals surface area contributed by atoms with Gasteiger partial charge in [-0.2, -0.15) is 5.10 Å². The zero-order valence-electron chi connectivity index (χ0n) is 5.41. The van der Waals surface area contributed by atoms with E-state index in [0.29, 0.717) is 6.54 Å². The molecule has 4 heteroatoms. The van der Waals surface area contributed by atoms with Crippen LogP contribution in [0.5, 0.6) is 0 Å². The van der Waals surface area contributed by atoms with Crippen molar-refractivity contribution in [2.24, 2.45) is 5.73 Å². The van der Waals surface area contributed by atoms with Gasteiger partial charge in [0.25, 0.3) is 0 Å². The third kappa shape index (κ3) is 1.08. The molecule has 0 aliphatic carbocycles. The summed E-state index contributed by atoms with van der Waals surface area (Å²) in [5.41, 5.74) is 5.35. The number of hydrogen-bond donors (Lipinski definition) is 1. The molecule has 1 aromatic rings. The zero-order chi connectivity index (χ0) is 6.69. The van der Waals surface area contributed by atoms with Gasteiger partial charge in [0.05, 0.1) is 6.54 Å². The van der Waals surface area contributed by atoms with Crippen LogP contribution in [0.15, 0.2) is 6.33 Å². The Labute approximate surface area is 53.7 Å². The van der Waals surface area contributed by atoms with Crippen LogP contribution >= 0.6 is 0 Å². The molecule has 0 aromatic carbocycles. The summed E-state index contributed by atoms with van der Waals surface area (Å²) in [6, 6.07) is 0. The minimum atomic E-state index is 0.466. The van der Waals surface area contributed by atoms with Crippen LogP contribution < -0.4 is 5.73 Å². The summed E-state index contributed by atoms with van der Waals surface area (Å²) in [6.45, 7) is 3.31. The molecule has 0 unspecified atom stereocenters. The van der Waals surface area contributed by atoms with Crippen molar-refractivity contribution in [2.45, 2.75) is 20.0 Å². The molecule has 1 heterocycles. The largest absolute Gasteiger partial charge is 0.324 e. The second-order valence-electron chi connectivity index (χ2n) is 1.70. The second-order valence-corrected chi connectivity index (χ2v) is 1.70. The number of hydrogen-bond acceptors (Lipinski definition) is 3. The lowest BCUT2D eigenvalue weighted by molar-refractivity contribution is 0.616. The van der Waals surface area contributed by atoms with E-state index >= 15 is 0 Å². The molecule has 0 radical (unpaired) electrons. The van der Waals surface area contributed by atoms with Crippen LogP contribution in [0.4, 0.5) is 0 Å². The Morgan fingerprint density at radius 1 is 1.78 bits per heavy atom. The molecular formula is C5H10N4. The maximum atomic E-state index is 5.35. The quantitative estimate of drug-likeness (QED) is 0.594. The van der Waals surface area contributed by atoms with Crippen molar-refractivity contribution in [3.63, 3.8) is 0 Å². The van der Waals surface area contributed by atoms with Crippen molar-refractivity contribution in [3.05, 3.63) is 12.2 Å². The summed E-state index contributed by atoms with van der Waals surface area (Å²) in [6.07, 6.45) is 1.52. The van der Waals surface area contributed by atoms with Gasteiger partial charge in [0.2, 0.25) is 0 Å². The van der Waals surface area contributed by atoms with Gasteiger partial charge in [-0.25, -0.2) is 9.67 Å². The highest BCUT2D eigenvalue weighted by Crippen LogP contribution is 1.89.